The van der Waals surface area contributed by atoms with E-state index in [1.165, 1.54) is 36.8 Å². The second kappa shape index (κ2) is 8.86. The molecule has 0 aliphatic rings. The lowest BCUT2D eigenvalue weighted by molar-refractivity contribution is 0.101. The number of hydrogen-bond donors (Lipinski definition) is 2. The van der Waals surface area contributed by atoms with Crippen LogP contribution in [0.25, 0.3) is 10.8 Å². The van der Waals surface area contributed by atoms with Crippen molar-refractivity contribution in [3.05, 3.63) is 71.1 Å². The minimum absolute atomic E-state index is 0.108. The zero-order chi connectivity index (χ0) is 21.8. The summed E-state index contributed by atoms with van der Waals surface area (Å²) in [6.45, 7) is 5.35. The lowest BCUT2D eigenvalue weighted by Crippen LogP contribution is -1.96. The highest BCUT2D eigenvalue weighted by molar-refractivity contribution is 6.11. The third kappa shape index (κ3) is 4.54. The first kappa shape index (κ1) is 21.2. The van der Waals surface area contributed by atoms with Gasteiger partial charge in [-0.1, -0.05) is 23.8 Å². The fourth-order valence-corrected chi connectivity index (χ4v) is 3.22. The van der Waals surface area contributed by atoms with Crippen molar-refractivity contribution in [3.8, 4) is 11.5 Å². The molecule has 0 aromatic heterocycles. The smallest absolute Gasteiger partial charge is 0.165 e. The number of fused-ring (bicyclic) bond motifs is 1. The largest absolute Gasteiger partial charge is 0.506 e. The minimum Gasteiger partial charge on any atom is -0.506 e. The number of azo groups is 1. The zero-order valence-corrected chi connectivity index (χ0v) is 17.1. The van der Waals surface area contributed by atoms with Crippen molar-refractivity contribution in [1.82, 2.24) is 0 Å². The van der Waals surface area contributed by atoms with Crippen LogP contribution in [0.5, 0.6) is 11.5 Å². The highest BCUT2D eigenvalue weighted by Gasteiger charge is 2.22. The van der Waals surface area contributed by atoms with Crippen molar-refractivity contribution >= 4 is 27.9 Å². The molecule has 0 fully saturated rings. The van der Waals surface area contributed by atoms with Gasteiger partial charge in [0.25, 0.3) is 0 Å². The van der Waals surface area contributed by atoms with Crippen molar-refractivity contribution in [1.29, 1.82) is 0 Å². The highest BCUT2D eigenvalue weighted by atomic mass is 19.1. The Bertz CT molecular complexity index is 1160. The molecular formula is C24H23FN2O3. The van der Waals surface area contributed by atoms with E-state index < -0.39 is 11.6 Å². The van der Waals surface area contributed by atoms with Gasteiger partial charge in [0.05, 0.1) is 11.3 Å². The summed E-state index contributed by atoms with van der Waals surface area (Å²) in [4.78, 5) is 12.2. The van der Waals surface area contributed by atoms with Gasteiger partial charge in [-0.3, -0.25) is 4.79 Å². The average Bonchev–Trinajstić information content (AvgIpc) is 2.70. The third-order valence-electron chi connectivity index (χ3n) is 4.72. The summed E-state index contributed by atoms with van der Waals surface area (Å²) < 4.78 is 13.1. The molecule has 2 N–H and O–H groups in total. The number of hydrogen-bond acceptors (Lipinski definition) is 5. The van der Waals surface area contributed by atoms with Crippen molar-refractivity contribution < 1.29 is 19.4 Å². The molecule has 0 spiro atoms. The van der Waals surface area contributed by atoms with Crippen LogP contribution in [-0.4, -0.2) is 16.0 Å². The topological polar surface area (TPSA) is 82.2 Å². The van der Waals surface area contributed by atoms with Crippen molar-refractivity contribution in [3.63, 3.8) is 0 Å². The first-order valence-corrected chi connectivity index (χ1v) is 9.60. The van der Waals surface area contributed by atoms with Gasteiger partial charge in [-0.25, -0.2) is 4.39 Å². The number of allylic oxidation sites excluding steroid dienone is 2. The van der Waals surface area contributed by atoms with Crippen LogP contribution in [0.3, 0.4) is 0 Å². The standard InChI is InChI=1S/C24H23FN2O3/c1-14(2)5-4-6-16-7-12-19-20(13-16)24(30)22(21(15(3)28)23(19)29)27-26-18-10-8-17(25)9-11-18/h5,7-13,29-30H,4,6H2,1-3H3. The first-order valence-electron chi connectivity index (χ1n) is 9.60. The van der Waals surface area contributed by atoms with E-state index in [0.717, 1.165) is 18.4 Å². The van der Waals surface area contributed by atoms with Crippen molar-refractivity contribution in [2.45, 2.75) is 33.6 Å². The highest BCUT2D eigenvalue weighted by Crippen LogP contribution is 2.45. The average molecular weight is 406 g/mol. The number of aromatic hydroxyl groups is 2. The van der Waals surface area contributed by atoms with Gasteiger partial charge in [0.2, 0.25) is 0 Å². The Morgan fingerprint density at radius 1 is 0.967 bits per heavy atom. The van der Waals surface area contributed by atoms with Crippen LogP contribution in [-0.2, 0) is 6.42 Å². The molecule has 0 aliphatic heterocycles. The molecule has 0 bridgehead atoms. The van der Waals surface area contributed by atoms with Gasteiger partial charge in [-0.05, 0) is 69.5 Å². The van der Waals surface area contributed by atoms with E-state index >= 15 is 0 Å². The van der Waals surface area contributed by atoms with Gasteiger partial charge in [0.15, 0.2) is 11.5 Å². The molecule has 0 saturated carbocycles. The molecule has 154 valence electrons. The lowest BCUT2D eigenvalue weighted by Gasteiger charge is -2.13. The molecule has 0 heterocycles. The maximum absolute atomic E-state index is 13.1. The number of rotatable bonds is 6. The summed E-state index contributed by atoms with van der Waals surface area (Å²) >= 11 is 0. The molecule has 5 nitrogen and oxygen atoms in total. The van der Waals surface area contributed by atoms with Crippen molar-refractivity contribution in [2.24, 2.45) is 10.2 Å². The Kier molecular flexibility index (Phi) is 6.26. The third-order valence-corrected chi connectivity index (χ3v) is 4.72. The molecule has 0 aliphatic carbocycles. The van der Waals surface area contributed by atoms with Crippen LogP contribution in [0, 0.1) is 5.82 Å². The van der Waals surface area contributed by atoms with Gasteiger partial charge in [0.1, 0.15) is 17.3 Å². The van der Waals surface area contributed by atoms with Gasteiger partial charge in [-0.15, -0.1) is 5.11 Å². The van der Waals surface area contributed by atoms with Gasteiger partial charge < -0.3 is 10.2 Å². The van der Waals surface area contributed by atoms with E-state index in [2.05, 4.69) is 16.3 Å². The summed E-state index contributed by atoms with van der Waals surface area (Å²) in [6, 6.07) is 10.6. The minimum atomic E-state index is -0.453. The van der Waals surface area contributed by atoms with Gasteiger partial charge in [-0.2, -0.15) is 5.11 Å². The summed E-state index contributed by atoms with van der Waals surface area (Å²) in [5.41, 5.74) is 2.33. The molecule has 3 aromatic carbocycles. The second-order valence-corrected chi connectivity index (χ2v) is 7.35. The monoisotopic (exact) mass is 406 g/mol. The van der Waals surface area contributed by atoms with Gasteiger partial charge in [0, 0.05) is 10.8 Å². The summed E-state index contributed by atoms with van der Waals surface area (Å²) in [5.74, 6) is -1.35. The fraction of sp³-hybridized carbons (Fsp3) is 0.208. The first-order chi connectivity index (χ1) is 14.3. The molecular weight excluding hydrogens is 383 g/mol. The fourth-order valence-electron chi connectivity index (χ4n) is 3.22. The van der Waals surface area contributed by atoms with Crippen LogP contribution in [0.2, 0.25) is 0 Å². The SMILES string of the molecule is CC(=O)c1c(N=Nc2ccc(F)cc2)c(O)c2cc(CCC=C(C)C)ccc2c1O. The van der Waals surface area contributed by atoms with Crippen LogP contribution < -0.4 is 0 Å². The number of ketones is 1. The van der Waals surface area contributed by atoms with Crippen LogP contribution >= 0.6 is 0 Å². The maximum Gasteiger partial charge on any atom is 0.165 e. The zero-order valence-electron chi connectivity index (χ0n) is 17.1. The molecule has 3 rings (SSSR count). The molecule has 0 saturated heterocycles. The normalized spacial score (nSPS) is 11.2. The number of aryl methyl sites for hydroxylation is 1. The van der Waals surface area contributed by atoms with E-state index in [-0.39, 0.29) is 22.7 Å². The summed E-state index contributed by atoms with van der Waals surface area (Å²) in [6.07, 6.45) is 3.74. The number of carbonyl (C=O) groups excluding carboxylic acids is 1. The second-order valence-electron chi connectivity index (χ2n) is 7.35. The number of carbonyl (C=O) groups is 1. The van der Waals surface area contributed by atoms with Crippen LogP contribution in [0.15, 0.2) is 64.3 Å². The molecule has 0 amide bonds. The lowest BCUT2D eigenvalue weighted by atomic mass is 9.97. The Hall–Kier alpha value is -3.54. The number of nitrogens with zero attached hydrogens (tertiary/aromatic N) is 2. The summed E-state index contributed by atoms with van der Waals surface area (Å²) in [5, 5.41) is 30.3. The predicted molar refractivity (Wildman–Crippen MR) is 116 cm³/mol. The van der Waals surface area contributed by atoms with E-state index in [1.807, 2.05) is 19.9 Å². The summed E-state index contributed by atoms with van der Waals surface area (Å²) in [7, 11) is 0. The van der Waals surface area contributed by atoms with Crippen LogP contribution in [0.1, 0.15) is 43.1 Å². The van der Waals surface area contributed by atoms with Crippen molar-refractivity contribution in [2.75, 3.05) is 0 Å². The van der Waals surface area contributed by atoms with E-state index in [1.54, 1.807) is 12.1 Å². The van der Waals surface area contributed by atoms with E-state index in [0.29, 0.717) is 16.5 Å². The van der Waals surface area contributed by atoms with E-state index in [9.17, 15) is 19.4 Å². The number of halogens is 1. The number of phenols is 2. The Morgan fingerprint density at radius 3 is 2.30 bits per heavy atom. The molecule has 6 heteroatoms. The number of Topliss-reactive ketones (excluding diaryl/α,β-unsaturated/α-hetero) is 1. The maximum atomic E-state index is 13.1. The predicted octanol–water partition coefficient (Wildman–Crippen LogP) is 6.91. The molecule has 30 heavy (non-hydrogen) atoms. The quantitative estimate of drug-likeness (QED) is 0.202. The van der Waals surface area contributed by atoms with E-state index in [4.69, 9.17) is 0 Å². The number of benzene rings is 3. The van der Waals surface area contributed by atoms with Gasteiger partial charge >= 0.3 is 0 Å². The molecule has 0 radical (unpaired) electrons. The van der Waals surface area contributed by atoms with Crippen LogP contribution in [0.4, 0.5) is 15.8 Å². The molecule has 3 aromatic rings. The molecule has 0 unspecified atom stereocenters. The molecule has 0 atom stereocenters. The Balaban J connectivity index is 2.12. The Labute approximate surface area is 174 Å². The Morgan fingerprint density at radius 2 is 1.67 bits per heavy atom. The number of phenolic OH excluding ortho intramolecular Hbond substituents is 2.